The molecular formula is C10H18IN. The van der Waals surface area contributed by atoms with E-state index in [4.69, 9.17) is 0 Å². The van der Waals surface area contributed by atoms with Crippen molar-refractivity contribution in [1.29, 1.82) is 0 Å². The van der Waals surface area contributed by atoms with Crippen molar-refractivity contribution in [3.8, 4) is 0 Å². The third-order valence-corrected chi connectivity index (χ3v) is 2.97. The van der Waals surface area contributed by atoms with E-state index in [0.29, 0.717) is 0 Å². The van der Waals surface area contributed by atoms with Crippen LogP contribution < -0.4 is 0 Å². The van der Waals surface area contributed by atoms with E-state index >= 15 is 0 Å². The van der Waals surface area contributed by atoms with Crippen LogP contribution in [0.25, 0.3) is 0 Å². The number of hydrogen-bond acceptors (Lipinski definition) is 1. The van der Waals surface area contributed by atoms with Gasteiger partial charge in [0.05, 0.1) is 0 Å². The Morgan fingerprint density at radius 2 is 2.42 bits per heavy atom. The van der Waals surface area contributed by atoms with Gasteiger partial charge in [0.1, 0.15) is 0 Å². The maximum Gasteiger partial charge on any atom is 0.000750 e. The topological polar surface area (TPSA) is 3.24 Å². The molecule has 1 aliphatic heterocycles. The van der Waals surface area contributed by atoms with Crippen molar-refractivity contribution in [3.63, 3.8) is 0 Å². The van der Waals surface area contributed by atoms with Crippen molar-refractivity contribution in [2.45, 2.75) is 26.2 Å². The van der Waals surface area contributed by atoms with Gasteiger partial charge in [-0.05, 0) is 64.4 Å². The fourth-order valence-electron chi connectivity index (χ4n) is 1.72. The molecule has 0 aromatic rings. The van der Waals surface area contributed by atoms with E-state index in [1.54, 1.807) is 0 Å². The van der Waals surface area contributed by atoms with Crippen LogP contribution in [0.5, 0.6) is 0 Å². The largest absolute Gasteiger partial charge is 0.303 e. The zero-order valence-electron chi connectivity index (χ0n) is 7.85. The first-order valence-corrected chi connectivity index (χ1v) is 5.82. The van der Waals surface area contributed by atoms with Crippen LogP contribution in [0.4, 0.5) is 0 Å². The average Bonchev–Trinajstić information content (AvgIpc) is 2.35. The number of likely N-dealkylation sites (tertiary alicyclic amines) is 1. The molecule has 1 aliphatic rings. The summed E-state index contributed by atoms with van der Waals surface area (Å²) in [6.07, 6.45) is 3.87. The van der Waals surface area contributed by atoms with Crippen molar-refractivity contribution in [2.75, 3.05) is 19.6 Å². The first-order chi connectivity index (χ1) is 5.68. The molecule has 12 heavy (non-hydrogen) atoms. The fraction of sp³-hybridized carbons (Fsp3) is 0.800. The summed E-state index contributed by atoms with van der Waals surface area (Å²) < 4.78 is 1.29. The van der Waals surface area contributed by atoms with Gasteiger partial charge in [0.15, 0.2) is 0 Å². The van der Waals surface area contributed by atoms with Gasteiger partial charge in [0.25, 0.3) is 0 Å². The third kappa shape index (κ3) is 3.90. The van der Waals surface area contributed by atoms with Crippen LogP contribution in [0.2, 0.25) is 0 Å². The molecule has 0 aromatic heterocycles. The van der Waals surface area contributed by atoms with Gasteiger partial charge in [-0.25, -0.2) is 0 Å². The smallest absolute Gasteiger partial charge is 0.000750 e. The van der Waals surface area contributed by atoms with Crippen molar-refractivity contribution in [1.82, 2.24) is 4.90 Å². The van der Waals surface area contributed by atoms with E-state index in [1.807, 2.05) is 0 Å². The lowest BCUT2D eigenvalue weighted by Crippen LogP contribution is -2.21. The molecule has 1 heterocycles. The Kier molecular flexibility index (Phi) is 4.57. The Morgan fingerprint density at radius 1 is 1.67 bits per heavy atom. The van der Waals surface area contributed by atoms with Crippen LogP contribution in [0.3, 0.4) is 0 Å². The predicted octanol–water partition coefficient (Wildman–Crippen LogP) is 3.06. The number of halogens is 1. The summed E-state index contributed by atoms with van der Waals surface area (Å²) in [7, 11) is 0. The first kappa shape index (κ1) is 10.5. The number of hydrogen-bond donors (Lipinski definition) is 0. The average molecular weight is 279 g/mol. The molecule has 1 unspecified atom stereocenters. The van der Waals surface area contributed by atoms with Gasteiger partial charge in [-0.15, -0.1) is 0 Å². The fourth-order valence-corrected chi connectivity index (χ4v) is 2.11. The Balaban J connectivity index is 2.04. The number of nitrogens with zero attached hydrogens (tertiary/aromatic N) is 1. The predicted molar refractivity (Wildman–Crippen MR) is 62.6 cm³/mol. The molecule has 0 aliphatic carbocycles. The van der Waals surface area contributed by atoms with Gasteiger partial charge in [-0.1, -0.05) is 13.5 Å². The summed E-state index contributed by atoms with van der Waals surface area (Å²) in [5, 5.41) is 0. The molecule has 0 saturated carbocycles. The van der Waals surface area contributed by atoms with Crippen LogP contribution in [-0.2, 0) is 0 Å². The van der Waals surface area contributed by atoms with E-state index < -0.39 is 0 Å². The van der Waals surface area contributed by atoms with Crippen LogP contribution >= 0.6 is 22.6 Å². The van der Waals surface area contributed by atoms with E-state index in [-0.39, 0.29) is 0 Å². The second-order valence-corrected chi connectivity index (χ2v) is 5.34. The van der Waals surface area contributed by atoms with E-state index in [9.17, 15) is 0 Å². The second-order valence-electron chi connectivity index (χ2n) is 3.82. The zero-order chi connectivity index (χ0) is 8.97. The normalized spacial score (nSPS) is 24.7. The molecule has 1 nitrogen and oxygen atoms in total. The van der Waals surface area contributed by atoms with Gasteiger partial charge in [-0.2, -0.15) is 0 Å². The highest BCUT2D eigenvalue weighted by Crippen LogP contribution is 2.17. The minimum atomic E-state index is 0.924. The van der Waals surface area contributed by atoms with E-state index in [0.717, 1.165) is 5.92 Å². The lowest BCUT2D eigenvalue weighted by Gasteiger charge is -2.14. The molecule has 1 rings (SSSR count). The summed E-state index contributed by atoms with van der Waals surface area (Å²) in [5.41, 5.74) is 0. The maximum absolute atomic E-state index is 3.90. The SMILES string of the molecule is C=C(I)CCCN1CCC(C)C1. The second kappa shape index (κ2) is 5.22. The summed E-state index contributed by atoms with van der Waals surface area (Å²) in [4.78, 5) is 2.57. The van der Waals surface area contributed by atoms with Crippen molar-refractivity contribution in [3.05, 3.63) is 10.2 Å². The van der Waals surface area contributed by atoms with Crippen molar-refractivity contribution < 1.29 is 0 Å². The number of rotatable bonds is 4. The molecule has 0 N–H and O–H groups in total. The van der Waals surface area contributed by atoms with Crippen LogP contribution in [0, 0.1) is 5.92 Å². The summed E-state index contributed by atoms with van der Waals surface area (Å²) in [5.74, 6) is 0.924. The minimum Gasteiger partial charge on any atom is -0.303 e. The molecule has 2 heteroatoms. The van der Waals surface area contributed by atoms with Gasteiger partial charge in [0, 0.05) is 6.54 Å². The molecular weight excluding hydrogens is 261 g/mol. The highest BCUT2D eigenvalue weighted by molar-refractivity contribution is 14.1. The van der Waals surface area contributed by atoms with E-state index in [2.05, 4.69) is 41.0 Å². The van der Waals surface area contributed by atoms with Gasteiger partial charge in [-0.3, -0.25) is 0 Å². The molecule has 0 bridgehead atoms. The molecule has 1 saturated heterocycles. The van der Waals surface area contributed by atoms with Crippen molar-refractivity contribution >= 4 is 22.6 Å². The molecule has 1 fully saturated rings. The third-order valence-electron chi connectivity index (χ3n) is 2.43. The summed E-state index contributed by atoms with van der Waals surface area (Å²) in [6.45, 7) is 10.1. The highest BCUT2D eigenvalue weighted by atomic mass is 127. The Morgan fingerprint density at radius 3 is 2.92 bits per heavy atom. The summed E-state index contributed by atoms with van der Waals surface area (Å²) >= 11 is 2.32. The quantitative estimate of drug-likeness (QED) is 0.715. The molecule has 70 valence electrons. The lowest BCUT2D eigenvalue weighted by molar-refractivity contribution is 0.324. The molecule has 1 atom stereocenters. The van der Waals surface area contributed by atoms with Gasteiger partial charge in [0.2, 0.25) is 0 Å². The standard InChI is InChI=1S/C10H18IN/c1-9-5-7-12(8-9)6-3-4-10(2)11/h9H,2-8H2,1H3. The highest BCUT2D eigenvalue weighted by Gasteiger charge is 2.17. The van der Waals surface area contributed by atoms with Gasteiger partial charge < -0.3 is 4.90 Å². The monoisotopic (exact) mass is 279 g/mol. The van der Waals surface area contributed by atoms with Crippen LogP contribution in [0.15, 0.2) is 10.2 Å². The van der Waals surface area contributed by atoms with Crippen molar-refractivity contribution in [2.24, 2.45) is 5.92 Å². The van der Waals surface area contributed by atoms with Crippen LogP contribution in [-0.4, -0.2) is 24.5 Å². The molecule has 0 amide bonds. The van der Waals surface area contributed by atoms with Crippen LogP contribution in [0.1, 0.15) is 26.2 Å². The summed E-state index contributed by atoms with van der Waals surface area (Å²) in [6, 6.07) is 0. The van der Waals surface area contributed by atoms with E-state index in [1.165, 1.54) is 42.5 Å². The Bertz CT molecular complexity index is 156. The molecule has 0 radical (unpaired) electrons. The molecule has 0 aromatic carbocycles. The molecule has 0 spiro atoms. The lowest BCUT2D eigenvalue weighted by atomic mass is 10.2. The Hall–Kier alpha value is 0.430. The number of allylic oxidation sites excluding steroid dienone is 1. The zero-order valence-corrected chi connectivity index (χ0v) is 10.0. The first-order valence-electron chi connectivity index (χ1n) is 4.74. The Labute approximate surface area is 89.3 Å². The van der Waals surface area contributed by atoms with Gasteiger partial charge >= 0.3 is 0 Å². The maximum atomic E-state index is 3.90. The minimum absolute atomic E-state index is 0.924.